The molecule has 104 valence electrons. The van der Waals surface area contributed by atoms with Gasteiger partial charge >= 0.3 is 0 Å². The first-order valence-electron chi connectivity index (χ1n) is 7.20. The van der Waals surface area contributed by atoms with Gasteiger partial charge in [0.15, 0.2) is 0 Å². The third kappa shape index (κ3) is 2.58. The normalized spacial score (nSPS) is 27.6. The van der Waals surface area contributed by atoms with Crippen LogP contribution in [-0.2, 0) is 6.54 Å². The van der Waals surface area contributed by atoms with Gasteiger partial charge in [-0.1, -0.05) is 0 Å². The predicted molar refractivity (Wildman–Crippen MR) is 76.2 cm³/mol. The van der Waals surface area contributed by atoms with E-state index in [1.165, 1.54) is 19.3 Å². The molecule has 5 nitrogen and oxygen atoms in total. The molecular weight excluding hydrogens is 238 g/mol. The average molecular weight is 261 g/mol. The summed E-state index contributed by atoms with van der Waals surface area (Å²) >= 11 is 0. The van der Waals surface area contributed by atoms with E-state index in [2.05, 4.69) is 32.1 Å². The summed E-state index contributed by atoms with van der Waals surface area (Å²) in [5.41, 5.74) is 1.000. The Kier molecular flexibility index (Phi) is 3.66. The molecule has 2 atom stereocenters. The Morgan fingerprint density at radius 3 is 2.79 bits per heavy atom. The van der Waals surface area contributed by atoms with Gasteiger partial charge in [0.1, 0.15) is 5.82 Å². The molecule has 1 aromatic rings. The van der Waals surface area contributed by atoms with Gasteiger partial charge in [0, 0.05) is 31.7 Å². The highest BCUT2D eigenvalue weighted by Crippen LogP contribution is 2.29. The number of hydrogen-bond donors (Lipinski definition) is 1. The van der Waals surface area contributed by atoms with Gasteiger partial charge in [-0.05, 0) is 33.4 Å². The maximum absolute atomic E-state index is 4.58. The minimum atomic E-state index is 0.686. The van der Waals surface area contributed by atoms with Crippen molar-refractivity contribution in [3.05, 3.63) is 18.1 Å². The summed E-state index contributed by atoms with van der Waals surface area (Å²) in [6.07, 6.45) is 7.74. The number of aromatic nitrogens is 2. The molecule has 0 spiro atoms. The van der Waals surface area contributed by atoms with Crippen molar-refractivity contribution >= 4 is 5.82 Å². The molecule has 3 heterocycles. The fourth-order valence-corrected chi connectivity index (χ4v) is 3.30. The van der Waals surface area contributed by atoms with Crippen LogP contribution in [0.3, 0.4) is 0 Å². The van der Waals surface area contributed by atoms with Crippen LogP contribution < -0.4 is 10.2 Å². The van der Waals surface area contributed by atoms with E-state index in [1.54, 1.807) is 0 Å². The summed E-state index contributed by atoms with van der Waals surface area (Å²) in [6.45, 7) is 2.97. The van der Waals surface area contributed by atoms with Gasteiger partial charge in [-0.15, -0.1) is 0 Å². The molecule has 3 rings (SSSR count). The molecule has 19 heavy (non-hydrogen) atoms. The molecule has 5 heteroatoms. The lowest BCUT2D eigenvalue weighted by molar-refractivity contribution is 0.254. The molecule has 2 aliphatic rings. The molecule has 2 unspecified atom stereocenters. The van der Waals surface area contributed by atoms with Crippen LogP contribution in [0.5, 0.6) is 0 Å². The van der Waals surface area contributed by atoms with E-state index >= 15 is 0 Å². The summed E-state index contributed by atoms with van der Waals surface area (Å²) in [7, 11) is 4.20. The van der Waals surface area contributed by atoms with Gasteiger partial charge in [0.05, 0.1) is 18.1 Å². The zero-order valence-electron chi connectivity index (χ0n) is 11.8. The van der Waals surface area contributed by atoms with E-state index in [4.69, 9.17) is 0 Å². The largest absolute Gasteiger partial charge is 0.354 e. The summed E-state index contributed by atoms with van der Waals surface area (Å²) in [5.74, 6) is 1.03. The maximum Gasteiger partial charge on any atom is 0.147 e. The Hall–Kier alpha value is -1.20. The van der Waals surface area contributed by atoms with E-state index in [0.29, 0.717) is 6.04 Å². The van der Waals surface area contributed by atoms with Crippen molar-refractivity contribution in [3.8, 4) is 0 Å². The van der Waals surface area contributed by atoms with Gasteiger partial charge in [-0.3, -0.25) is 9.88 Å². The van der Waals surface area contributed by atoms with E-state index in [0.717, 1.165) is 37.2 Å². The Bertz CT molecular complexity index is 418. The van der Waals surface area contributed by atoms with Crippen molar-refractivity contribution in [2.75, 3.05) is 32.1 Å². The van der Waals surface area contributed by atoms with Crippen LogP contribution in [0.25, 0.3) is 0 Å². The summed E-state index contributed by atoms with van der Waals surface area (Å²) in [4.78, 5) is 14.0. The molecule has 1 N–H and O–H groups in total. The van der Waals surface area contributed by atoms with Gasteiger partial charge in [0.25, 0.3) is 0 Å². The van der Waals surface area contributed by atoms with Gasteiger partial charge in [-0.25, -0.2) is 4.98 Å². The number of likely N-dealkylation sites (N-methyl/N-ethyl adjacent to an activating group) is 1. The monoisotopic (exact) mass is 261 g/mol. The number of rotatable bonds is 3. The van der Waals surface area contributed by atoms with Crippen LogP contribution >= 0.6 is 0 Å². The average Bonchev–Trinajstić information content (AvgIpc) is 2.65. The molecule has 0 aromatic carbocycles. The Morgan fingerprint density at radius 1 is 1.21 bits per heavy atom. The standard InChI is InChI=1S/C14H23N5/c1-15-7-11-8-17-14(9-16-11)19-6-5-12-3-4-13(10-19)18(12)2/h8-9,12-13,15H,3-7,10H2,1-2H3. The molecule has 2 aliphatic heterocycles. The van der Waals surface area contributed by atoms with Crippen LogP contribution in [0.1, 0.15) is 25.0 Å². The minimum absolute atomic E-state index is 0.686. The van der Waals surface area contributed by atoms with Crippen molar-refractivity contribution in [1.29, 1.82) is 0 Å². The number of anilines is 1. The highest BCUT2D eigenvalue weighted by Gasteiger charge is 2.34. The summed E-state index contributed by atoms with van der Waals surface area (Å²) < 4.78 is 0. The van der Waals surface area contributed by atoms with E-state index in [1.807, 2.05) is 19.4 Å². The van der Waals surface area contributed by atoms with Crippen molar-refractivity contribution in [2.45, 2.75) is 37.9 Å². The Balaban J connectivity index is 1.71. The topological polar surface area (TPSA) is 44.3 Å². The lowest BCUT2D eigenvalue weighted by Gasteiger charge is -2.26. The van der Waals surface area contributed by atoms with Crippen LogP contribution in [0.15, 0.2) is 12.4 Å². The number of nitrogens with zero attached hydrogens (tertiary/aromatic N) is 4. The highest BCUT2D eigenvalue weighted by atomic mass is 15.3. The van der Waals surface area contributed by atoms with Crippen LogP contribution in [-0.4, -0.2) is 54.1 Å². The zero-order chi connectivity index (χ0) is 13.2. The van der Waals surface area contributed by atoms with E-state index in [-0.39, 0.29) is 0 Å². The fraction of sp³-hybridized carbons (Fsp3) is 0.714. The highest BCUT2D eigenvalue weighted by molar-refractivity contribution is 5.36. The molecule has 2 fully saturated rings. The van der Waals surface area contributed by atoms with E-state index < -0.39 is 0 Å². The second-order valence-electron chi connectivity index (χ2n) is 5.68. The van der Waals surface area contributed by atoms with Crippen LogP contribution in [0, 0.1) is 0 Å². The van der Waals surface area contributed by atoms with Crippen LogP contribution in [0.4, 0.5) is 5.82 Å². The minimum Gasteiger partial charge on any atom is -0.354 e. The quantitative estimate of drug-likeness (QED) is 0.874. The predicted octanol–water partition coefficient (Wildman–Crippen LogP) is 0.869. The molecule has 0 saturated carbocycles. The SMILES string of the molecule is CNCc1cnc(N2CCC3CCC(C2)N3C)cn1. The molecule has 0 aliphatic carbocycles. The van der Waals surface area contributed by atoms with Crippen molar-refractivity contribution in [1.82, 2.24) is 20.2 Å². The molecular formula is C14H23N5. The third-order valence-electron chi connectivity index (χ3n) is 4.52. The van der Waals surface area contributed by atoms with Gasteiger partial charge in [-0.2, -0.15) is 0 Å². The molecule has 0 radical (unpaired) electrons. The second-order valence-corrected chi connectivity index (χ2v) is 5.68. The first-order chi connectivity index (χ1) is 9.28. The lowest BCUT2D eigenvalue weighted by Crippen LogP contribution is -2.37. The first-order valence-corrected chi connectivity index (χ1v) is 7.20. The Labute approximate surface area is 115 Å². The van der Waals surface area contributed by atoms with Crippen molar-refractivity contribution < 1.29 is 0 Å². The number of fused-ring (bicyclic) bond motifs is 2. The first kappa shape index (κ1) is 12.8. The summed E-state index contributed by atoms with van der Waals surface area (Å²) in [5, 5.41) is 3.10. The maximum atomic E-state index is 4.58. The smallest absolute Gasteiger partial charge is 0.147 e. The molecule has 1 aromatic heterocycles. The Morgan fingerprint density at radius 2 is 2.05 bits per heavy atom. The molecule has 2 bridgehead atoms. The zero-order valence-corrected chi connectivity index (χ0v) is 11.8. The number of hydrogen-bond acceptors (Lipinski definition) is 5. The van der Waals surface area contributed by atoms with Crippen molar-refractivity contribution in [3.63, 3.8) is 0 Å². The van der Waals surface area contributed by atoms with Gasteiger partial charge < -0.3 is 10.2 Å². The van der Waals surface area contributed by atoms with Crippen molar-refractivity contribution in [2.24, 2.45) is 0 Å². The summed E-state index contributed by atoms with van der Waals surface area (Å²) in [6, 6.07) is 1.46. The number of nitrogens with one attached hydrogen (secondary N) is 1. The van der Waals surface area contributed by atoms with Gasteiger partial charge in [0.2, 0.25) is 0 Å². The molecule has 0 amide bonds. The van der Waals surface area contributed by atoms with E-state index in [9.17, 15) is 0 Å². The molecule has 2 saturated heterocycles. The third-order valence-corrected chi connectivity index (χ3v) is 4.52. The van der Waals surface area contributed by atoms with Crippen LogP contribution in [0.2, 0.25) is 0 Å². The lowest BCUT2D eigenvalue weighted by atomic mass is 10.1. The second kappa shape index (κ2) is 5.43. The fourth-order valence-electron chi connectivity index (χ4n) is 3.30.